The number of nitrogens with zero attached hydrogens (tertiary/aromatic N) is 2. The molecule has 19 heavy (non-hydrogen) atoms. The molecule has 0 bridgehead atoms. The van der Waals surface area contributed by atoms with Crippen molar-refractivity contribution < 1.29 is 9.15 Å². The first kappa shape index (κ1) is 12.4. The predicted octanol–water partition coefficient (Wildman–Crippen LogP) is 2.56. The minimum atomic E-state index is 0.0611. The molecule has 2 aromatic rings. The zero-order chi connectivity index (χ0) is 13.1. The van der Waals surface area contributed by atoms with Crippen LogP contribution in [-0.4, -0.2) is 29.6 Å². The third-order valence-corrected chi connectivity index (χ3v) is 3.34. The van der Waals surface area contributed by atoms with Gasteiger partial charge >= 0.3 is 0 Å². The van der Waals surface area contributed by atoms with E-state index in [2.05, 4.69) is 9.88 Å². The maximum Gasteiger partial charge on any atom is 0.118 e. The SMILES string of the molecule is Cc1ccc(CN2CCO[C@H](c3ccccn3)C2)o1. The normalized spacial score (nSPS) is 20.6. The minimum absolute atomic E-state index is 0.0611. The third kappa shape index (κ3) is 3.03. The van der Waals surface area contributed by atoms with Gasteiger partial charge in [-0.25, -0.2) is 0 Å². The number of furan rings is 1. The molecular weight excluding hydrogens is 240 g/mol. The summed E-state index contributed by atoms with van der Waals surface area (Å²) >= 11 is 0. The molecule has 1 aliphatic rings. The molecule has 4 nitrogen and oxygen atoms in total. The molecule has 0 aromatic carbocycles. The van der Waals surface area contributed by atoms with Crippen molar-refractivity contribution in [2.75, 3.05) is 19.7 Å². The Morgan fingerprint density at radius 3 is 3.00 bits per heavy atom. The second-order valence-corrected chi connectivity index (χ2v) is 4.86. The fraction of sp³-hybridized carbons (Fsp3) is 0.400. The van der Waals surface area contributed by atoms with Crippen LogP contribution >= 0.6 is 0 Å². The van der Waals surface area contributed by atoms with E-state index in [1.807, 2.05) is 43.5 Å². The smallest absolute Gasteiger partial charge is 0.118 e. The molecule has 0 amide bonds. The van der Waals surface area contributed by atoms with Crippen LogP contribution in [0, 0.1) is 6.92 Å². The van der Waals surface area contributed by atoms with E-state index in [0.717, 1.165) is 43.5 Å². The van der Waals surface area contributed by atoms with Crippen molar-refractivity contribution in [1.82, 2.24) is 9.88 Å². The predicted molar refractivity (Wildman–Crippen MR) is 71.7 cm³/mol. The van der Waals surface area contributed by atoms with Crippen molar-refractivity contribution in [2.45, 2.75) is 19.6 Å². The quantitative estimate of drug-likeness (QED) is 0.848. The zero-order valence-electron chi connectivity index (χ0n) is 11.1. The molecule has 1 atom stereocenters. The molecule has 4 heteroatoms. The topological polar surface area (TPSA) is 38.5 Å². The van der Waals surface area contributed by atoms with Crippen LogP contribution in [0.5, 0.6) is 0 Å². The molecule has 3 rings (SSSR count). The monoisotopic (exact) mass is 258 g/mol. The minimum Gasteiger partial charge on any atom is -0.465 e. The van der Waals surface area contributed by atoms with Gasteiger partial charge in [0.05, 0.1) is 18.8 Å². The third-order valence-electron chi connectivity index (χ3n) is 3.34. The van der Waals surface area contributed by atoms with Gasteiger partial charge in [0.2, 0.25) is 0 Å². The summed E-state index contributed by atoms with van der Waals surface area (Å²) in [4.78, 5) is 6.72. The van der Waals surface area contributed by atoms with E-state index in [1.54, 1.807) is 0 Å². The van der Waals surface area contributed by atoms with E-state index in [0.29, 0.717) is 0 Å². The van der Waals surface area contributed by atoms with Crippen molar-refractivity contribution in [1.29, 1.82) is 0 Å². The average molecular weight is 258 g/mol. The van der Waals surface area contributed by atoms with Crippen LogP contribution in [0.15, 0.2) is 40.9 Å². The number of morpholine rings is 1. The Morgan fingerprint density at radius 2 is 2.26 bits per heavy atom. The summed E-state index contributed by atoms with van der Waals surface area (Å²) in [7, 11) is 0. The standard InChI is InChI=1S/C15H18N2O2/c1-12-5-6-13(19-12)10-17-8-9-18-15(11-17)14-4-2-3-7-16-14/h2-7,15H,8-11H2,1H3/t15-/m0/s1. The van der Waals surface area contributed by atoms with Crippen LogP contribution < -0.4 is 0 Å². The first-order valence-electron chi connectivity index (χ1n) is 6.61. The van der Waals surface area contributed by atoms with E-state index < -0.39 is 0 Å². The van der Waals surface area contributed by atoms with Gasteiger partial charge in [0, 0.05) is 19.3 Å². The van der Waals surface area contributed by atoms with E-state index in [-0.39, 0.29) is 6.10 Å². The number of hydrogen-bond donors (Lipinski definition) is 0. The molecular formula is C15H18N2O2. The first-order valence-corrected chi connectivity index (χ1v) is 6.61. The molecule has 0 saturated carbocycles. The highest BCUT2D eigenvalue weighted by atomic mass is 16.5. The first-order chi connectivity index (χ1) is 9.31. The maximum absolute atomic E-state index is 5.80. The van der Waals surface area contributed by atoms with Gasteiger partial charge in [-0.05, 0) is 31.2 Å². The fourth-order valence-corrected chi connectivity index (χ4v) is 2.38. The highest BCUT2D eigenvalue weighted by molar-refractivity contribution is 5.09. The Kier molecular flexibility index (Phi) is 3.62. The summed E-state index contributed by atoms with van der Waals surface area (Å²) < 4.78 is 11.4. The molecule has 1 aliphatic heterocycles. The zero-order valence-corrected chi connectivity index (χ0v) is 11.1. The van der Waals surface area contributed by atoms with E-state index in [4.69, 9.17) is 9.15 Å². The summed E-state index contributed by atoms with van der Waals surface area (Å²) in [5.41, 5.74) is 1.00. The van der Waals surface area contributed by atoms with Crippen molar-refractivity contribution in [3.05, 3.63) is 53.7 Å². The fourth-order valence-electron chi connectivity index (χ4n) is 2.38. The Morgan fingerprint density at radius 1 is 1.32 bits per heavy atom. The molecule has 0 aliphatic carbocycles. The van der Waals surface area contributed by atoms with Gasteiger partial charge in [-0.15, -0.1) is 0 Å². The summed E-state index contributed by atoms with van der Waals surface area (Å²) in [6.07, 6.45) is 1.87. The largest absolute Gasteiger partial charge is 0.465 e. The lowest BCUT2D eigenvalue weighted by molar-refractivity contribution is -0.0367. The van der Waals surface area contributed by atoms with E-state index >= 15 is 0 Å². The van der Waals surface area contributed by atoms with Crippen molar-refractivity contribution in [3.63, 3.8) is 0 Å². The van der Waals surface area contributed by atoms with Gasteiger partial charge in [-0.1, -0.05) is 6.07 Å². The van der Waals surface area contributed by atoms with Crippen LogP contribution in [0.1, 0.15) is 23.3 Å². The lowest BCUT2D eigenvalue weighted by Gasteiger charge is -2.31. The number of hydrogen-bond acceptors (Lipinski definition) is 4. The van der Waals surface area contributed by atoms with Gasteiger partial charge < -0.3 is 9.15 Å². The maximum atomic E-state index is 5.80. The Bertz CT molecular complexity index is 524. The molecule has 0 N–H and O–H groups in total. The number of ether oxygens (including phenoxy) is 1. The Labute approximate surface area is 113 Å². The molecule has 1 saturated heterocycles. The van der Waals surface area contributed by atoms with Crippen LogP contribution in [0.4, 0.5) is 0 Å². The molecule has 2 aromatic heterocycles. The molecule has 1 fully saturated rings. The summed E-state index contributed by atoms with van der Waals surface area (Å²) in [5, 5.41) is 0. The molecule has 100 valence electrons. The van der Waals surface area contributed by atoms with Crippen molar-refractivity contribution >= 4 is 0 Å². The summed E-state index contributed by atoms with van der Waals surface area (Å²) in [6, 6.07) is 9.99. The summed E-state index contributed by atoms with van der Waals surface area (Å²) in [5.74, 6) is 1.98. The van der Waals surface area contributed by atoms with Gasteiger partial charge in [0.1, 0.15) is 17.6 Å². The molecule has 0 unspecified atom stereocenters. The second-order valence-electron chi connectivity index (χ2n) is 4.86. The van der Waals surface area contributed by atoms with Gasteiger partial charge in [0.25, 0.3) is 0 Å². The molecule has 3 heterocycles. The average Bonchev–Trinajstić information content (AvgIpc) is 2.85. The number of aryl methyl sites for hydroxylation is 1. The highest BCUT2D eigenvalue weighted by Crippen LogP contribution is 2.21. The van der Waals surface area contributed by atoms with Crippen LogP contribution in [0.3, 0.4) is 0 Å². The van der Waals surface area contributed by atoms with E-state index in [9.17, 15) is 0 Å². The molecule has 0 radical (unpaired) electrons. The lowest BCUT2D eigenvalue weighted by Crippen LogP contribution is -2.38. The number of rotatable bonds is 3. The van der Waals surface area contributed by atoms with Crippen LogP contribution in [0.25, 0.3) is 0 Å². The second kappa shape index (κ2) is 5.55. The van der Waals surface area contributed by atoms with E-state index in [1.165, 1.54) is 0 Å². The van der Waals surface area contributed by atoms with Crippen LogP contribution in [0.2, 0.25) is 0 Å². The van der Waals surface area contributed by atoms with Gasteiger partial charge in [0.15, 0.2) is 0 Å². The van der Waals surface area contributed by atoms with Crippen molar-refractivity contribution in [2.24, 2.45) is 0 Å². The highest BCUT2D eigenvalue weighted by Gasteiger charge is 2.23. The number of pyridine rings is 1. The molecule has 0 spiro atoms. The number of aromatic nitrogens is 1. The summed E-state index contributed by atoms with van der Waals surface area (Å²) in [6.45, 7) is 5.33. The Balaban J connectivity index is 1.65. The van der Waals surface area contributed by atoms with Gasteiger partial charge in [-0.2, -0.15) is 0 Å². The van der Waals surface area contributed by atoms with Gasteiger partial charge in [-0.3, -0.25) is 9.88 Å². The van der Waals surface area contributed by atoms with Crippen LogP contribution in [-0.2, 0) is 11.3 Å². The Hall–Kier alpha value is -1.65. The van der Waals surface area contributed by atoms with Crippen molar-refractivity contribution in [3.8, 4) is 0 Å². The lowest BCUT2D eigenvalue weighted by atomic mass is 10.2.